The Morgan fingerprint density at radius 1 is 1.33 bits per heavy atom. The summed E-state index contributed by atoms with van der Waals surface area (Å²) < 4.78 is 27.8. The number of rotatable bonds is 4. The van der Waals surface area contributed by atoms with Crippen LogP contribution in [0.4, 0.5) is 0 Å². The van der Waals surface area contributed by atoms with E-state index in [2.05, 4.69) is 4.18 Å². The summed E-state index contributed by atoms with van der Waals surface area (Å²) in [7, 11) is -3.81. The minimum absolute atomic E-state index is 0.0502. The van der Waals surface area contributed by atoms with Crippen LogP contribution >= 0.6 is 0 Å². The Labute approximate surface area is 89.0 Å². The zero-order valence-corrected chi connectivity index (χ0v) is 9.37. The average Bonchev–Trinajstić information content (AvgIpc) is 2.17. The number of hydrogen-bond acceptors (Lipinski definition) is 4. The third-order valence-corrected chi connectivity index (χ3v) is 3.25. The van der Waals surface area contributed by atoms with Gasteiger partial charge in [0.15, 0.2) is 5.78 Å². The van der Waals surface area contributed by atoms with E-state index in [1.54, 1.807) is 19.1 Å². The summed E-state index contributed by atoms with van der Waals surface area (Å²) >= 11 is 0. The number of benzene rings is 1. The predicted molar refractivity (Wildman–Crippen MR) is 55.3 cm³/mol. The van der Waals surface area contributed by atoms with Gasteiger partial charge in [0.2, 0.25) is 0 Å². The van der Waals surface area contributed by atoms with Crippen molar-refractivity contribution in [2.45, 2.75) is 18.7 Å². The first-order valence-corrected chi connectivity index (χ1v) is 5.89. The van der Waals surface area contributed by atoms with Crippen molar-refractivity contribution < 1.29 is 17.4 Å². The Balaban J connectivity index is 3.31. The van der Waals surface area contributed by atoms with Crippen LogP contribution in [0.25, 0.3) is 0 Å². The molecule has 1 aromatic rings. The van der Waals surface area contributed by atoms with Crippen LogP contribution in [0.15, 0.2) is 29.2 Å². The molecule has 0 radical (unpaired) electrons. The van der Waals surface area contributed by atoms with E-state index < -0.39 is 10.1 Å². The van der Waals surface area contributed by atoms with Gasteiger partial charge in [0.1, 0.15) is 4.90 Å². The molecule has 0 aliphatic heterocycles. The summed E-state index contributed by atoms with van der Waals surface area (Å²) in [4.78, 5) is 11.1. The maximum atomic E-state index is 11.6. The lowest BCUT2D eigenvalue weighted by Gasteiger charge is -2.06. The molecule has 0 atom stereocenters. The first kappa shape index (κ1) is 11.9. The van der Waals surface area contributed by atoms with Crippen molar-refractivity contribution in [2.75, 3.05) is 6.61 Å². The minimum atomic E-state index is -3.81. The van der Waals surface area contributed by atoms with E-state index in [1.807, 2.05) is 0 Å². The second-order valence-corrected chi connectivity index (χ2v) is 4.50. The van der Waals surface area contributed by atoms with Gasteiger partial charge in [-0.15, -0.1) is 0 Å². The van der Waals surface area contributed by atoms with Gasteiger partial charge in [-0.25, -0.2) is 0 Å². The Morgan fingerprint density at radius 3 is 2.47 bits per heavy atom. The average molecular weight is 228 g/mol. The molecule has 0 fully saturated rings. The third-order valence-electron chi connectivity index (χ3n) is 1.81. The molecule has 0 spiro atoms. The molecule has 5 heteroatoms. The normalized spacial score (nSPS) is 11.3. The predicted octanol–water partition coefficient (Wildman–Crippen LogP) is 1.61. The number of hydrogen-bond donors (Lipinski definition) is 0. The summed E-state index contributed by atoms with van der Waals surface area (Å²) in [5.74, 6) is -0.297. The minimum Gasteiger partial charge on any atom is -0.294 e. The molecular formula is C10H12O4S. The fourth-order valence-corrected chi connectivity index (χ4v) is 2.36. The molecule has 0 unspecified atom stereocenters. The quantitative estimate of drug-likeness (QED) is 0.580. The fourth-order valence-electron chi connectivity index (χ4n) is 1.19. The van der Waals surface area contributed by atoms with Crippen molar-refractivity contribution >= 4 is 15.9 Å². The first-order chi connectivity index (χ1) is 6.99. The van der Waals surface area contributed by atoms with Crippen LogP contribution in [0.2, 0.25) is 0 Å². The van der Waals surface area contributed by atoms with Crippen molar-refractivity contribution in [3.63, 3.8) is 0 Å². The smallest absolute Gasteiger partial charge is 0.294 e. The van der Waals surface area contributed by atoms with Crippen molar-refractivity contribution in [1.82, 2.24) is 0 Å². The molecule has 0 aliphatic carbocycles. The lowest BCUT2D eigenvalue weighted by molar-refractivity contribution is 0.101. The van der Waals surface area contributed by atoms with Crippen molar-refractivity contribution in [3.05, 3.63) is 29.8 Å². The number of carbonyl (C=O) groups is 1. The zero-order chi connectivity index (χ0) is 11.5. The molecule has 0 saturated carbocycles. The van der Waals surface area contributed by atoms with Crippen molar-refractivity contribution in [3.8, 4) is 0 Å². The molecule has 0 amide bonds. The topological polar surface area (TPSA) is 60.4 Å². The van der Waals surface area contributed by atoms with Crippen LogP contribution in [-0.2, 0) is 14.3 Å². The Kier molecular flexibility index (Phi) is 3.60. The molecule has 0 N–H and O–H groups in total. The SMILES string of the molecule is CCOS(=O)(=O)c1ccccc1C(C)=O. The highest BCUT2D eigenvalue weighted by molar-refractivity contribution is 7.86. The molecule has 4 nitrogen and oxygen atoms in total. The van der Waals surface area contributed by atoms with Gasteiger partial charge < -0.3 is 0 Å². The van der Waals surface area contributed by atoms with Crippen LogP contribution in [0.1, 0.15) is 24.2 Å². The van der Waals surface area contributed by atoms with Gasteiger partial charge in [0, 0.05) is 5.56 Å². The molecule has 0 bridgehead atoms. The largest absolute Gasteiger partial charge is 0.297 e. The first-order valence-electron chi connectivity index (χ1n) is 4.48. The number of carbonyl (C=O) groups excluding carboxylic acids is 1. The van der Waals surface area contributed by atoms with Crippen LogP contribution in [0.3, 0.4) is 0 Å². The van der Waals surface area contributed by atoms with E-state index in [4.69, 9.17) is 0 Å². The molecule has 0 heterocycles. The van der Waals surface area contributed by atoms with E-state index >= 15 is 0 Å². The molecule has 15 heavy (non-hydrogen) atoms. The summed E-state index contributed by atoms with van der Waals surface area (Å²) in [6.45, 7) is 2.95. The second-order valence-electron chi connectivity index (χ2n) is 2.91. The molecule has 1 rings (SSSR count). The number of Topliss-reactive ketones (excluding diaryl/α,β-unsaturated/α-hetero) is 1. The Bertz CT molecular complexity index is 462. The van der Waals surface area contributed by atoms with Crippen molar-refractivity contribution in [1.29, 1.82) is 0 Å². The third kappa shape index (κ3) is 2.64. The van der Waals surface area contributed by atoms with E-state index in [9.17, 15) is 13.2 Å². The molecule has 0 aliphatic rings. The van der Waals surface area contributed by atoms with Crippen molar-refractivity contribution in [2.24, 2.45) is 0 Å². The zero-order valence-electron chi connectivity index (χ0n) is 8.56. The molecule has 0 aromatic heterocycles. The monoisotopic (exact) mass is 228 g/mol. The van der Waals surface area contributed by atoms with E-state index in [0.29, 0.717) is 0 Å². The maximum absolute atomic E-state index is 11.6. The van der Waals surface area contributed by atoms with E-state index in [0.717, 1.165) is 0 Å². The van der Waals surface area contributed by atoms with E-state index in [1.165, 1.54) is 19.1 Å². The number of ketones is 1. The highest BCUT2D eigenvalue weighted by Gasteiger charge is 2.20. The maximum Gasteiger partial charge on any atom is 0.297 e. The Hall–Kier alpha value is -1.20. The fraction of sp³-hybridized carbons (Fsp3) is 0.300. The Morgan fingerprint density at radius 2 is 1.93 bits per heavy atom. The van der Waals surface area contributed by atoms with Gasteiger partial charge in [-0.1, -0.05) is 18.2 Å². The van der Waals surface area contributed by atoms with Gasteiger partial charge in [-0.05, 0) is 19.9 Å². The van der Waals surface area contributed by atoms with Gasteiger partial charge in [0.25, 0.3) is 10.1 Å². The summed E-state index contributed by atoms with van der Waals surface area (Å²) in [5.41, 5.74) is 0.158. The second kappa shape index (κ2) is 4.55. The van der Waals surface area contributed by atoms with Crippen LogP contribution in [0.5, 0.6) is 0 Å². The van der Waals surface area contributed by atoms with Crippen LogP contribution in [-0.4, -0.2) is 20.8 Å². The van der Waals surface area contributed by atoms with Gasteiger partial charge in [-0.2, -0.15) is 8.42 Å². The van der Waals surface area contributed by atoms with Crippen LogP contribution in [0, 0.1) is 0 Å². The molecule has 82 valence electrons. The van der Waals surface area contributed by atoms with Gasteiger partial charge in [0.05, 0.1) is 6.61 Å². The highest BCUT2D eigenvalue weighted by Crippen LogP contribution is 2.18. The van der Waals surface area contributed by atoms with Gasteiger partial charge >= 0.3 is 0 Å². The molecule has 1 aromatic carbocycles. The highest BCUT2D eigenvalue weighted by atomic mass is 32.2. The molecule has 0 saturated heterocycles. The standard InChI is InChI=1S/C10H12O4S/c1-3-14-15(12,13)10-7-5-4-6-9(10)8(2)11/h4-7H,3H2,1-2H3. The van der Waals surface area contributed by atoms with Crippen LogP contribution < -0.4 is 0 Å². The lowest BCUT2D eigenvalue weighted by atomic mass is 10.1. The molecular weight excluding hydrogens is 216 g/mol. The van der Waals surface area contributed by atoms with Gasteiger partial charge in [-0.3, -0.25) is 8.98 Å². The summed E-state index contributed by atoms with van der Waals surface area (Å²) in [5, 5.41) is 0. The lowest BCUT2D eigenvalue weighted by Crippen LogP contribution is -2.10. The van der Waals surface area contributed by atoms with E-state index in [-0.39, 0.29) is 22.8 Å². The summed E-state index contributed by atoms with van der Waals surface area (Å²) in [6.07, 6.45) is 0. The summed E-state index contributed by atoms with van der Waals surface area (Å²) in [6, 6.07) is 6.00.